The van der Waals surface area contributed by atoms with Gasteiger partial charge < -0.3 is 19.9 Å². The lowest BCUT2D eigenvalue weighted by Gasteiger charge is -2.16. The van der Waals surface area contributed by atoms with Crippen molar-refractivity contribution in [3.8, 4) is 11.1 Å². The van der Waals surface area contributed by atoms with Gasteiger partial charge in [0.15, 0.2) is 11.9 Å². The number of hydrogen-bond acceptors (Lipinski definition) is 6. The summed E-state index contributed by atoms with van der Waals surface area (Å²) in [5, 5.41) is 18.6. The molecule has 2 amide bonds. The van der Waals surface area contributed by atoms with Gasteiger partial charge in [0.05, 0.1) is 6.04 Å². The molecule has 3 N–H and O–H groups in total. The number of fused-ring (bicyclic) bond motifs is 3. The van der Waals surface area contributed by atoms with Crippen LogP contribution in [0.25, 0.3) is 11.1 Å². The lowest BCUT2D eigenvalue weighted by atomic mass is 9.98. The van der Waals surface area contributed by atoms with Crippen molar-refractivity contribution in [3.63, 3.8) is 0 Å². The molecule has 1 fully saturated rings. The number of nitrogens with one attached hydrogen (secondary N) is 2. The van der Waals surface area contributed by atoms with Gasteiger partial charge in [-0.1, -0.05) is 48.5 Å². The smallest absolute Gasteiger partial charge is 0.412 e. The first-order valence-electron chi connectivity index (χ1n) is 11.2. The molecular weight excluding hydrogens is 452 g/mol. The van der Waals surface area contributed by atoms with E-state index < -0.39 is 30.1 Å². The summed E-state index contributed by atoms with van der Waals surface area (Å²) in [4.78, 5) is 36.4. The summed E-state index contributed by atoms with van der Waals surface area (Å²) in [7, 11) is 1.55. The molecule has 10 nitrogen and oxygen atoms in total. The Morgan fingerprint density at radius 2 is 1.77 bits per heavy atom. The van der Waals surface area contributed by atoms with E-state index in [2.05, 4.69) is 27.9 Å². The Balaban J connectivity index is 1.22. The Morgan fingerprint density at radius 1 is 1.11 bits per heavy atom. The molecule has 2 aromatic carbocycles. The van der Waals surface area contributed by atoms with Crippen molar-refractivity contribution < 1.29 is 29.0 Å². The summed E-state index contributed by atoms with van der Waals surface area (Å²) < 4.78 is 12.0. The summed E-state index contributed by atoms with van der Waals surface area (Å²) >= 11 is 0. The second kappa shape index (κ2) is 9.22. The molecule has 3 aromatic rings. The van der Waals surface area contributed by atoms with Crippen molar-refractivity contribution in [2.24, 2.45) is 7.05 Å². The van der Waals surface area contributed by atoms with E-state index in [0.717, 1.165) is 22.3 Å². The standard InChI is InChI=1S/C25H24N4O6/c1-29-20(23(30)26-19-10-11-34-22(19)24(31)32)12-21(28-29)27-25(33)35-13-18-16-8-4-2-6-14(16)15-7-3-5-9-17(15)18/h2-9,12,18-19,22H,10-11,13H2,1H3,(H,26,30)(H,31,32)(H,27,28,33)/t19-,22+/m0/s1. The molecule has 35 heavy (non-hydrogen) atoms. The van der Waals surface area contributed by atoms with Gasteiger partial charge in [-0.05, 0) is 28.7 Å². The first kappa shape index (κ1) is 22.6. The Labute approximate surface area is 200 Å². The van der Waals surface area contributed by atoms with Crippen LogP contribution in [0.2, 0.25) is 0 Å². The molecule has 0 saturated carbocycles. The second-order valence-corrected chi connectivity index (χ2v) is 8.49. The highest BCUT2D eigenvalue weighted by atomic mass is 16.5. The van der Waals surface area contributed by atoms with E-state index in [9.17, 15) is 19.5 Å². The minimum absolute atomic E-state index is 0.0750. The topological polar surface area (TPSA) is 132 Å². The molecule has 1 aliphatic heterocycles. The lowest BCUT2D eigenvalue weighted by molar-refractivity contribution is -0.148. The third-order valence-corrected chi connectivity index (χ3v) is 6.34. The van der Waals surface area contributed by atoms with Crippen LogP contribution in [0.1, 0.15) is 34.0 Å². The highest BCUT2D eigenvalue weighted by Crippen LogP contribution is 2.44. The summed E-state index contributed by atoms with van der Waals surface area (Å²) in [6.45, 7) is 0.403. The number of nitrogens with zero attached hydrogens (tertiary/aromatic N) is 2. The van der Waals surface area contributed by atoms with Gasteiger partial charge >= 0.3 is 12.1 Å². The molecule has 2 heterocycles. The van der Waals surface area contributed by atoms with Crippen molar-refractivity contribution in [1.82, 2.24) is 15.1 Å². The van der Waals surface area contributed by atoms with Gasteiger partial charge in [0.25, 0.3) is 5.91 Å². The molecule has 2 atom stereocenters. The molecule has 180 valence electrons. The molecule has 0 bridgehead atoms. The molecule has 1 saturated heterocycles. The Morgan fingerprint density at radius 3 is 2.43 bits per heavy atom. The number of benzene rings is 2. The van der Waals surface area contributed by atoms with E-state index >= 15 is 0 Å². The van der Waals surface area contributed by atoms with Crippen LogP contribution >= 0.6 is 0 Å². The predicted molar refractivity (Wildman–Crippen MR) is 125 cm³/mol. The zero-order valence-corrected chi connectivity index (χ0v) is 18.9. The fourth-order valence-electron chi connectivity index (χ4n) is 4.70. The summed E-state index contributed by atoms with van der Waals surface area (Å²) in [5.41, 5.74) is 4.64. The number of carbonyl (C=O) groups excluding carboxylic acids is 2. The fourth-order valence-corrected chi connectivity index (χ4v) is 4.70. The molecular formula is C25H24N4O6. The number of carboxylic acid groups (broad SMARTS) is 1. The number of hydrogen-bond donors (Lipinski definition) is 3. The lowest BCUT2D eigenvalue weighted by Crippen LogP contribution is -2.44. The number of carbonyl (C=O) groups is 3. The van der Waals surface area contributed by atoms with E-state index in [4.69, 9.17) is 9.47 Å². The Bertz CT molecular complexity index is 1260. The van der Waals surface area contributed by atoms with Crippen LogP contribution in [0.4, 0.5) is 10.6 Å². The van der Waals surface area contributed by atoms with Gasteiger partial charge in [0.2, 0.25) is 0 Å². The van der Waals surface area contributed by atoms with Crippen molar-refractivity contribution in [2.45, 2.75) is 24.5 Å². The van der Waals surface area contributed by atoms with Crippen LogP contribution in [0.15, 0.2) is 54.6 Å². The van der Waals surface area contributed by atoms with E-state index in [-0.39, 0.29) is 30.6 Å². The average Bonchev–Trinajstić information content (AvgIpc) is 3.53. The first-order chi connectivity index (χ1) is 16.9. The molecule has 5 rings (SSSR count). The minimum atomic E-state index is -1.13. The normalized spacial score (nSPS) is 18.5. The van der Waals surface area contributed by atoms with E-state index in [1.807, 2.05) is 36.4 Å². The molecule has 1 aromatic heterocycles. The molecule has 2 aliphatic rings. The van der Waals surface area contributed by atoms with Crippen LogP contribution in [0.5, 0.6) is 0 Å². The van der Waals surface area contributed by atoms with Crippen LogP contribution in [-0.2, 0) is 21.3 Å². The highest BCUT2D eigenvalue weighted by Gasteiger charge is 2.36. The second-order valence-electron chi connectivity index (χ2n) is 8.49. The summed E-state index contributed by atoms with van der Waals surface area (Å²) in [5.74, 6) is -1.57. The zero-order chi connectivity index (χ0) is 24.5. The first-order valence-corrected chi connectivity index (χ1v) is 11.2. The van der Waals surface area contributed by atoms with Crippen molar-refractivity contribution >= 4 is 23.8 Å². The average molecular weight is 476 g/mol. The van der Waals surface area contributed by atoms with Crippen LogP contribution in [0, 0.1) is 0 Å². The molecule has 1 aliphatic carbocycles. The van der Waals surface area contributed by atoms with E-state index in [1.165, 1.54) is 10.7 Å². The highest BCUT2D eigenvalue weighted by molar-refractivity contribution is 5.95. The van der Waals surface area contributed by atoms with E-state index in [1.54, 1.807) is 7.05 Å². The summed E-state index contributed by atoms with van der Waals surface area (Å²) in [6.07, 6.45) is -1.39. The molecule has 10 heteroatoms. The predicted octanol–water partition coefficient (Wildman–Crippen LogP) is 2.75. The van der Waals surface area contributed by atoms with Crippen molar-refractivity contribution in [2.75, 3.05) is 18.5 Å². The molecule has 0 radical (unpaired) electrons. The maximum atomic E-state index is 12.7. The molecule has 0 spiro atoms. The number of aromatic nitrogens is 2. The number of rotatable bonds is 6. The monoisotopic (exact) mass is 476 g/mol. The Hall–Kier alpha value is -4.18. The quantitative estimate of drug-likeness (QED) is 0.498. The van der Waals surface area contributed by atoms with Gasteiger partial charge in [0, 0.05) is 25.6 Å². The van der Waals surface area contributed by atoms with Gasteiger partial charge in [-0.2, -0.15) is 5.10 Å². The zero-order valence-electron chi connectivity index (χ0n) is 18.9. The number of amides is 2. The van der Waals surface area contributed by atoms with Gasteiger partial charge in [-0.15, -0.1) is 0 Å². The fraction of sp³-hybridized carbons (Fsp3) is 0.280. The maximum Gasteiger partial charge on any atom is 0.412 e. The number of carboxylic acids is 1. The minimum Gasteiger partial charge on any atom is -0.479 e. The largest absolute Gasteiger partial charge is 0.479 e. The van der Waals surface area contributed by atoms with Crippen LogP contribution < -0.4 is 10.6 Å². The van der Waals surface area contributed by atoms with Crippen LogP contribution in [-0.4, -0.2) is 58.2 Å². The van der Waals surface area contributed by atoms with Gasteiger partial charge in [-0.25, -0.2) is 9.59 Å². The number of aryl methyl sites for hydroxylation is 1. The van der Waals surface area contributed by atoms with Gasteiger partial charge in [0.1, 0.15) is 12.3 Å². The SMILES string of the molecule is Cn1nc(NC(=O)OCC2c3ccccc3-c3ccccc32)cc1C(=O)N[C@H]1CCO[C@H]1C(=O)O. The van der Waals surface area contributed by atoms with Crippen molar-refractivity contribution in [1.29, 1.82) is 0 Å². The molecule has 0 unspecified atom stereocenters. The summed E-state index contributed by atoms with van der Waals surface area (Å²) in [6, 6.07) is 16.9. The third-order valence-electron chi connectivity index (χ3n) is 6.34. The van der Waals surface area contributed by atoms with Gasteiger partial charge in [-0.3, -0.25) is 14.8 Å². The number of ether oxygens (including phenoxy) is 2. The number of anilines is 1. The van der Waals surface area contributed by atoms with E-state index in [0.29, 0.717) is 6.42 Å². The number of aliphatic carboxylic acids is 1. The third kappa shape index (κ3) is 4.35. The van der Waals surface area contributed by atoms with Crippen LogP contribution in [0.3, 0.4) is 0 Å². The Kier molecular flexibility index (Phi) is 5.96. The maximum absolute atomic E-state index is 12.7. The van der Waals surface area contributed by atoms with Crippen molar-refractivity contribution in [3.05, 3.63) is 71.4 Å².